The van der Waals surface area contributed by atoms with Crippen LogP contribution in [0, 0.1) is 0 Å². The Hall–Kier alpha value is -2.07. The fraction of sp³-hybridized carbons (Fsp3) is 0.548. The number of hydrogen-bond acceptors (Lipinski definition) is 4. The van der Waals surface area contributed by atoms with Gasteiger partial charge in [0.05, 0.1) is 0 Å². The van der Waals surface area contributed by atoms with Gasteiger partial charge in [-0.25, -0.2) is 0 Å². The molecule has 0 saturated heterocycles. The van der Waals surface area contributed by atoms with Gasteiger partial charge in [0.1, 0.15) is 6.26 Å². The highest BCUT2D eigenvalue weighted by atomic mass is 32.2. The summed E-state index contributed by atoms with van der Waals surface area (Å²) in [5, 5.41) is 0.152. The molecule has 0 aromatic rings. The molecular formula is C31H44O3S. The quantitative estimate of drug-likeness (QED) is 0.0887. The van der Waals surface area contributed by atoms with Gasteiger partial charge in [-0.15, -0.1) is 6.58 Å². The molecule has 4 heteroatoms. The van der Waals surface area contributed by atoms with Gasteiger partial charge >= 0.3 is 5.97 Å². The summed E-state index contributed by atoms with van der Waals surface area (Å²) in [5.41, 5.74) is 7.19. The highest BCUT2D eigenvalue weighted by Gasteiger charge is 2.23. The predicted molar refractivity (Wildman–Crippen MR) is 150 cm³/mol. The second-order valence-electron chi connectivity index (χ2n) is 9.53. The van der Waals surface area contributed by atoms with E-state index in [9.17, 15) is 9.59 Å². The van der Waals surface area contributed by atoms with Crippen molar-refractivity contribution in [3.05, 3.63) is 69.9 Å². The Morgan fingerprint density at radius 3 is 2.43 bits per heavy atom. The monoisotopic (exact) mass is 496 g/mol. The molecule has 0 aliphatic heterocycles. The molecule has 0 aromatic heterocycles. The van der Waals surface area contributed by atoms with Crippen LogP contribution in [-0.2, 0) is 14.3 Å². The van der Waals surface area contributed by atoms with E-state index >= 15 is 0 Å². The van der Waals surface area contributed by atoms with Crippen LogP contribution >= 0.6 is 11.8 Å². The molecule has 0 amide bonds. The Morgan fingerprint density at radius 2 is 1.77 bits per heavy atom. The molecule has 0 aromatic carbocycles. The third-order valence-corrected chi connectivity index (χ3v) is 8.15. The summed E-state index contributed by atoms with van der Waals surface area (Å²) >= 11 is 1.34. The van der Waals surface area contributed by atoms with Crippen LogP contribution < -0.4 is 0 Å². The second-order valence-corrected chi connectivity index (χ2v) is 10.6. The minimum Gasteiger partial charge on any atom is -0.434 e. The van der Waals surface area contributed by atoms with E-state index in [1.54, 1.807) is 24.3 Å². The standard InChI is InChI=1S/C31H44O3S/c1-6-9-10-13-16-23(4)28(22-34-29(32)7-2)24(5)31(35-30(33)8-3)27-20-19-25-17-14-11-12-15-18-26(25)21-27/h6,20,22H,1,4,7-19,21H2,2-3,5H3/b28-22+,31-24+. The highest BCUT2D eigenvalue weighted by Crippen LogP contribution is 2.42. The van der Waals surface area contributed by atoms with E-state index in [1.807, 2.05) is 13.0 Å². The van der Waals surface area contributed by atoms with Crippen LogP contribution in [0.15, 0.2) is 69.9 Å². The van der Waals surface area contributed by atoms with E-state index in [-0.39, 0.29) is 11.1 Å². The number of unbranched alkanes of at least 4 members (excludes halogenated alkanes) is 2. The van der Waals surface area contributed by atoms with Crippen LogP contribution in [-0.4, -0.2) is 11.1 Å². The van der Waals surface area contributed by atoms with Gasteiger partial charge in [0.25, 0.3) is 0 Å². The fourth-order valence-corrected chi connectivity index (χ4v) is 5.58. The smallest absolute Gasteiger partial charge is 0.310 e. The van der Waals surface area contributed by atoms with Crippen LogP contribution in [0.4, 0.5) is 0 Å². The molecule has 2 aliphatic rings. The Kier molecular flexibility index (Phi) is 13.2. The van der Waals surface area contributed by atoms with E-state index in [2.05, 4.69) is 26.2 Å². The van der Waals surface area contributed by atoms with Crippen molar-refractivity contribution >= 4 is 22.8 Å². The number of thioether (sulfide) groups is 1. The summed E-state index contributed by atoms with van der Waals surface area (Å²) in [4.78, 5) is 25.6. The molecule has 0 saturated carbocycles. The van der Waals surface area contributed by atoms with Crippen LogP contribution in [0.2, 0.25) is 0 Å². The first-order valence-electron chi connectivity index (χ1n) is 13.4. The Bertz CT molecular complexity index is 914. The van der Waals surface area contributed by atoms with Gasteiger partial charge in [0, 0.05) is 23.3 Å². The lowest BCUT2D eigenvalue weighted by Gasteiger charge is -2.26. The van der Waals surface area contributed by atoms with Gasteiger partial charge in [-0.05, 0) is 87.9 Å². The van der Waals surface area contributed by atoms with Gasteiger partial charge < -0.3 is 4.74 Å². The number of ether oxygens (including phenoxy) is 1. The molecule has 0 atom stereocenters. The van der Waals surface area contributed by atoms with Crippen LogP contribution in [0.25, 0.3) is 0 Å². The van der Waals surface area contributed by atoms with Gasteiger partial charge in [-0.2, -0.15) is 0 Å². The van der Waals surface area contributed by atoms with Crippen molar-refractivity contribution in [2.45, 2.75) is 111 Å². The van der Waals surface area contributed by atoms with E-state index < -0.39 is 0 Å². The molecule has 0 heterocycles. The largest absolute Gasteiger partial charge is 0.434 e. The molecular weight excluding hydrogens is 452 g/mol. The number of carbonyl (C=O) groups is 2. The van der Waals surface area contributed by atoms with Crippen molar-refractivity contribution < 1.29 is 14.3 Å². The minimum atomic E-state index is -0.269. The van der Waals surface area contributed by atoms with Crippen LogP contribution in [0.5, 0.6) is 0 Å². The van der Waals surface area contributed by atoms with Gasteiger partial charge in [0.15, 0.2) is 5.12 Å². The zero-order valence-corrected chi connectivity index (χ0v) is 23.0. The van der Waals surface area contributed by atoms with E-state index in [0.29, 0.717) is 12.8 Å². The lowest BCUT2D eigenvalue weighted by Crippen LogP contribution is -2.08. The van der Waals surface area contributed by atoms with Gasteiger partial charge in [-0.1, -0.05) is 68.3 Å². The third-order valence-electron chi connectivity index (χ3n) is 6.86. The summed E-state index contributed by atoms with van der Waals surface area (Å²) in [6.07, 6.45) is 19.9. The van der Waals surface area contributed by atoms with Crippen LogP contribution in [0.1, 0.15) is 111 Å². The first-order valence-corrected chi connectivity index (χ1v) is 14.2. The maximum atomic E-state index is 12.7. The number of esters is 1. The average molecular weight is 497 g/mol. The number of allylic oxidation sites excluding steroid dienone is 8. The second kappa shape index (κ2) is 15.8. The minimum absolute atomic E-state index is 0.152. The van der Waals surface area contributed by atoms with Crippen molar-refractivity contribution in [1.29, 1.82) is 0 Å². The third kappa shape index (κ3) is 9.48. The lowest BCUT2D eigenvalue weighted by atomic mass is 9.83. The van der Waals surface area contributed by atoms with Gasteiger partial charge in [-0.3, -0.25) is 9.59 Å². The lowest BCUT2D eigenvalue weighted by molar-refractivity contribution is -0.137. The summed E-state index contributed by atoms with van der Waals surface area (Å²) in [6, 6.07) is 0. The van der Waals surface area contributed by atoms with Crippen molar-refractivity contribution in [3.8, 4) is 0 Å². The van der Waals surface area contributed by atoms with Crippen molar-refractivity contribution in [2.75, 3.05) is 0 Å². The summed E-state index contributed by atoms with van der Waals surface area (Å²) < 4.78 is 5.47. The van der Waals surface area contributed by atoms with E-state index in [4.69, 9.17) is 4.74 Å². The zero-order valence-electron chi connectivity index (χ0n) is 22.2. The number of carbonyl (C=O) groups excluding carboxylic acids is 2. The maximum absolute atomic E-state index is 12.7. The number of hydrogen-bond donors (Lipinski definition) is 0. The van der Waals surface area contributed by atoms with Crippen molar-refractivity contribution in [1.82, 2.24) is 0 Å². The zero-order chi connectivity index (χ0) is 25.6. The first-order chi connectivity index (χ1) is 16.9. The molecule has 0 fully saturated rings. The van der Waals surface area contributed by atoms with Crippen molar-refractivity contribution in [3.63, 3.8) is 0 Å². The molecule has 3 nitrogen and oxygen atoms in total. The summed E-state index contributed by atoms with van der Waals surface area (Å²) in [5.74, 6) is -0.269. The molecule has 0 radical (unpaired) electrons. The van der Waals surface area contributed by atoms with Crippen molar-refractivity contribution in [2.24, 2.45) is 0 Å². The molecule has 0 unspecified atom stereocenters. The average Bonchev–Trinajstić information content (AvgIpc) is 2.85. The SMILES string of the molecule is C=CCCCCC(=C)C(=C\OC(=O)CC)/C(C)=C(/SC(=O)CC)C1=CCC2=C(CCCCCC2)C1. The topological polar surface area (TPSA) is 43.4 Å². The molecule has 35 heavy (non-hydrogen) atoms. The molecule has 0 N–H and O–H groups in total. The van der Waals surface area contributed by atoms with E-state index in [0.717, 1.165) is 66.6 Å². The Labute approximate surface area is 217 Å². The summed E-state index contributed by atoms with van der Waals surface area (Å²) in [7, 11) is 0. The molecule has 192 valence electrons. The van der Waals surface area contributed by atoms with E-state index in [1.165, 1.54) is 49.4 Å². The van der Waals surface area contributed by atoms with Gasteiger partial charge in [0.2, 0.25) is 0 Å². The number of rotatable bonds is 12. The Balaban J connectivity index is 2.42. The molecule has 0 bridgehead atoms. The molecule has 2 aliphatic carbocycles. The summed E-state index contributed by atoms with van der Waals surface area (Å²) in [6.45, 7) is 13.9. The van der Waals surface area contributed by atoms with Crippen LogP contribution in [0.3, 0.4) is 0 Å². The molecule has 0 spiro atoms. The normalized spacial score (nSPS) is 17.5. The highest BCUT2D eigenvalue weighted by molar-refractivity contribution is 8.17. The fourth-order valence-electron chi connectivity index (χ4n) is 4.66. The maximum Gasteiger partial charge on any atom is 0.310 e. The molecule has 2 rings (SSSR count). The Morgan fingerprint density at radius 1 is 1.06 bits per heavy atom. The first kappa shape index (κ1) is 29.2. The predicted octanol–water partition coefficient (Wildman–Crippen LogP) is 9.44.